The van der Waals surface area contributed by atoms with E-state index in [1.807, 2.05) is 23.5 Å². The summed E-state index contributed by atoms with van der Waals surface area (Å²) in [5, 5.41) is 14.9. The Morgan fingerprint density at radius 1 is 0.208 bits per heavy atom. The van der Waals surface area contributed by atoms with Crippen LogP contribution < -0.4 is 0 Å². The molecule has 0 radical (unpaired) electrons. The Balaban J connectivity index is 0.000000132. The number of fused-ring (bicyclic) bond motifs is 18. The van der Waals surface area contributed by atoms with Crippen LogP contribution >= 0.6 is 11.3 Å². The summed E-state index contributed by atoms with van der Waals surface area (Å²) in [6.45, 7) is 0. The number of para-hydroxylation sites is 7. The van der Waals surface area contributed by atoms with E-state index in [2.05, 4.69) is 346 Å². The van der Waals surface area contributed by atoms with Crippen molar-refractivity contribution >= 4 is 141 Å². The summed E-state index contributed by atoms with van der Waals surface area (Å²) in [4.78, 5) is 0. The van der Waals surface area contributed by atoms with Crippen LogP contribution in [0.2, 0.25) is 0 Å². The van der Waals surface area contributed by atoms with Crippen molar-refractivity contribution < 1.29 is 4.42 Å². The molecule has 0 saturated heterocycles. The molecule has 0 aliphatic rings. The lowest BCUT2D eigenvalue weighted by atomic mass is 10.0. The van der Waals surface area contributed by atoms with Crippen molar-refractivity contribution in [2.75, 3.05) is 0 Å². The van der Waals surface area contributed by atoms with Gasteiger partial charge in [-0.1, -0.05) is 218 Å². The minimum absolute atomic E-state index is 0.905. The van der Waals surface area contributed by atoms with Gasteiger partial charge >= 0.3 is 0 Å². The number of benzene rings is 15. The predicted octanol–water partition coefficient (Wildman–Crippen LogP) is 25.0. The van der Waals surface area contributed by atoms with E-state index >= 15 is 0 Å². The molecule has 6 aromatic heterocycles. The Morgan fingerprint density at radius 3 is 1.09 bits per heavy atom. The van der Waals surface area contributed by atoms with E-state index in [9.17, 15) is 0 Å². The number of rotatable bonds is 7. The van der Waals surface area contributed by atoms with E-state index in [1.54, 1.807) is 0 Å². The molecule has 0 spiro atoms. The molecule has 6 heteroatoms. The van der Waals surface area contributed by atoms with Crippen LogP contribution in [-0.2, 0) is 0 Å². The fourth-order valence-electron chi connectivity index (χ4n) is 15.5. The second-order valence-electron chi connectivity index (χ2n) is 25.1. The van der Waals surface area contributed by atoms with Gasteiger partial charge in [-0.2, -0.15) is 0 Å². The van der Waals surface area contributed by atoms with Gasteiger partial charge in [-0.05, 0) is 155 Å². The van der Waals surface area contributed by atoms with Crippen LogP contribution in [-0.4, -0.2) is 18.3 Å². The van der Waals surface area contributed by atoms with E-state index in [4.69, 9.17) is 4.42 Å². The highest BCUT2D eigenvalue weighted by atomic mass is 32.1. The Hall–Kier alpha value is -12.5. The zero-order valence-electron chi connectivity index (χ0n) is 51.9. The van der Waals surface area contributed by atoms with Crippen molar-refractivity contribution in [3.05, 3.63) is 340 Å². The van der Waals surface area contributed by atoms with Gasteiger partial charge in [0.15, 0.2) is 5.58 Å². The highest BCUT2D eigenvalue weighted by molar-refractivity contribution is 7.26. The summed E-state index contributed by atoms with van der Waals surface area (Å²) in [7, 11) is 0. The summed E-state index contributed by atoms with van der Waals surface area (Å²) in [6.07, 6.45) is 0. The molecule has 96 heavy (non-hydrogen) atoms. The number of aromatic nitrogens is 4. The molecule has 0 bridgehead atoms. The van der Waals surface area contributed by atoms with Gasteiger partial charge in [0.05, 0.1) is 60.2 Å². The highest BCUT2D eigenvalue weighted by Crippen LogP contribution is 2.45. The second-order valence-corrected chi connectivity index (χ2v) is 26.1. The maximum Gasteiger partial charge on any atom is 0.159 e. The first-order valence-electron chi connectivity index (χ1n) is 32.8. The molecule has 0 aliphatic heterocycles. The van der Waals surface area contributed by atoms with Gasteiger partial charge in [0.2, 0.25) is 0 Å². The first-order chi connectivity index (χ1) is 47.6. The third-order valence-electron chi connectivity index (χ3n) is 19.9. The van der Waals surface area contributed by atoms with Gasteiger partial charge < -0.3 is 22.7 Å². The Bertz CT molecular complexity index is 6690. The Morgan fingerprint density at radius 2 is 0.562 bits per heavy atom. The van der Waals surface area contributed by atoms with Crippen LogP contribution in [0.15, 0.2) is 344 Å². The fourth-order valence-corrected chi connectivity index (χ4v) is 16.7. The first kappa shape index (κ1) is 54.1. The first-order valence-corrected chi connectivity index (χ1v) is 33.6. The van der Waals surface area contributed by atoms with Crippen LogP contribution in [0.1, 0.15) is 0 Å². The van der Waals surface area contributed by atoms with Crippen molar-refractivity contribution in [2.24, 2.45) is 0 Å². The van der Waals surface area contributed by atoms with Crippen LogP contribution in [0, 0.1) is 0 Å². The van der Waals surface area contributed by atoms with Gasteiger partial charge in [0, 0.05) is 80.7 Å². The normalized spacial score (nSPS) is 12.0. The molecular formula is C90H56N4OS. The SMILES string of the molecule is c1ccc(-c2ccc(-n3c4ccccc4c4cc(-c5ccc6c(c5)c5ccccc5n6-c5cccc6c5oc5ccccc56)ccc43)cc2)cc1.c1ccc(-n2c3ccccc3c3cc(-c4ccc5c(c4)c4ccccc4n5-c4cccc5c4sc4ccccc45)ccc32)cc1. The van der Waals surface area contributed by atoms with E-state index in [0.717, 1.165) is 44.3 Å². The summed E-state index contributed by atoms with van der Waals surface area (Å²) < 4.78 is 18.7. The molecule has 0 saturated carbocycles. The van der Waals surface area contributed by atoms with Crippen molar-refractivity contribution in [1.82, 2.24) is 18.3 Å². The van der Waals surface area contributed by atoms with Gasteiger partial charge in [-0.25, -0.2) is 0 Å². The Labute approximate surface area is 555 Å². The molecule has 0 unspecified atom stereocenters. The zero-order chi connectivity index (χ0) is 63.0. The molecule has 0 fully saturated rings. The topological polar surface area (TPSA) is 32.9 Å². The molecule has 6 heterocycles. The molecule has 21 rings (SSSR count). The van der Waals surface area contributed by atoms with Gasteiger partial charge in [0.1, 0.15) is 5.58 Å². The van der Waals surface area contributed by atoms with Crippen molar-refractivity contribution in [1.29, 1.82) is 0 Å². The van der Waals surface area contributed by atoms with Crippen LogP contribution in [0.25, 0.3) is 185 Å². The smallest absolute Gasteiger partial charge is 0.159 e. The van der Waals surface area contributed by atoms with E-state index in [-0.39, 0.29) is 0 Å². The summed E-state index contributed by atoms with van der Waals surface area (Å²) >= 11 is 1.88. The molecule has 0 N–H and O–H groups in total. The lowest BCUT2D eigenvalue weighted by Crippen LogP contribution is -1.94. The maximum absolute atomic E-state index is 6.51. The van der Waals surface area contributed by atoms with Gasteiger partial charge in [0.25, 0.3) is 0 Å². The monoisotopic (exact) mass is 1240 g/mol. The predicted molar refractivity (Wildman–Crippen MR) is 407 cm³/mol. The average Bonchev–Trinajstić information content (AvgIpc) is 1.60. The Kier molecular flexibility index (Phi) is 12.1. The minimum atomic E-state index is 0.905. The van der Waals surface area contributed by atoms with Crippen molar-refractivity contribution in [3.8, 4) is 56.1 Å². The lowest BCUT2D eigenvalue weighted by molar-refractivity contribution is 0.666. The number of nitrogens with zero attached hydrogens (tertiary/aromatic N) is 4. The number of furan rings is 1. The van der Waals surface area contributed by atoms with Gasteiger partial charge in [-0.3, -0.25) is 0 Å². The molecule has 21 aromatic rings. The number of hydrogen-bond acceptors (Lipinski definition) is 2. The summed E-state index contributed by atoms with van der Waals surface area (Å²) in [5.74, 6) is 0. The molecule has 0 aliphatic carbocycles. The van der Waals surface area contributed by atoms with Crippen LogP contribution in [0.3, 0.4) is 0 Å². The van der Waals surface area contributed by atoms with Crippen LogP contribution in [0.4, 0.5) is 0 Å². The third-order valence-corrected chi connectivity index (χ3v) is 21.1. The molecular weight excluding hydrogens is 1190 g/mol. The maximum atomic E-state index is 6.51. The summed E-state index contributed by atoms with van der Waals surface area (Å²) in [6, 6.07) is 123. The number of hydrogen-bond donors (Lipinski definition) is 0. The van der Waals surface area contributed by atoms with E-state index in [1.165, 1.54) is 141 Å². The molecule has 448 valence electrons. The minimum Gasteiger partial charge on any atom is -0.454 e. The standard InChI is InChI=1S/C48H30N2O.C42H26N2S/c1-2-11-31(12-3-1)32-21-25-35(26-22-32)49-42-17-7-4-13-36(42)40-29-33(23-27-44(40)49)34-24-28-45-41(30-34)37-14-5-8-18-43(37)50(45)46-19-10-16-39-38-15-6-9-20-47(38)51-48(39)46;1-2-11-29(12-3-1)43-36-17-7-4-13-30(36)34-25-27(21-23-38(34)43)28-22-24-39-35(26-28)31-14-5-8-18-37(31)44(39)40-19-10-16-33-32-15-6-9-20-41(32)45-42(33)40/h1-30H;1-26H. The lowest BCUT2D eigenvalue weighted by Gasteiger charge is -2.10. The molecule has 0 amide bonds. The van der Waals surface area contributed by atoms with Crippen molar-refractivity contribution in [3.63, 3.8) is 0 Å². The van der Waals surface area contributed by atoms with Gasteiger partial charge in [-0.15, -0.1) is 11.3 Å². The second kappa shape index (κ2) is 21.6. The third kappa shape index (κ3) is 8.35. The highest BCUT2D eigenvalue weighted by Gasteiger charge is 2.22. The zero-order valence-corrected chi connectivity index (χ0v) is 52.8. The number of thiophene rings is 1. The molecule has 0 atom stereocenters. The van der Waals surface area contributed by atoms with E-state index < -0.39 is 0 Å². The van der Waals surface area contributed by atoms with Crippen LogP contribution in [0.5, 0.6) is 0 Å². The summed E-state index contributed by atoms with van der Waals surface area (Å²) in [5.41, 5.74) is 23.3. The quantitative estimate of drug-likeness (QED) is 0.157. The largest absolute Gasteiger partial charge is 0.454 e. The molecule has 5 nitrogen and oxygen atoms in total. The van der Waals surface area contributed by atoms with E-state index in [0.29, 0.717) is 0 Å². The average molecular weight is 1240 g/mol. The molecule has 15 aromatic carbocycles. The fraction of sp³-hybridized carbons (Fsp3) is 0. The van der Waals surface area contributed by atoms with Crippen molar-refractivity contribution in [2.45, 2.75) is 0 Å².